The van der Waals surface area contributed by atoms with Gasteiger partial charge in [0.05, 0.1) is 29.8 Å². The highest BCUT2D eigenvalue weighted by molar-refractivity contribution is 7.99. The molecule has 1 saturated heterocycles. The molecular formula is C24H24N4O2S. The van der Waals surface area contributed by atoms with E-state index >= 15 is 0 Å². The van der Waals surface area contributed by atoms with Crippen LogP contribution in [-0.2, 0) is 11.3 Å². The van der Waals surface area contributed by atoms with Crippen molar-refractivity contribution in [2.75, 3.05) is 6.61 Å². The highest BCUT2D eigenvalue weighted by atomic mass is 32.2. The summed E-state index contributed by atoms with van der Waals surface area (Å²) in [7, 11) is 0. The van der Waals surface area contributed by atoms with Crippen LogP contribution in [-0.4, -0.2) is 32.4 Å². The van der Waals surface area contributed by atoms with Crippen LogP contribution in [0, 0.1) is 0 Å². The monoisotopic (exact) mass is 432 g/mol. The minimum atomic E-state index is -0.0285. The molecule has 0 radical (unpaired) electrons. The van der Waals surface area contributed by atoms with Gasteiger partial charge in [-0.3, -0.25) is 0 Å². The lowest BCUT2D eigenvalue weighted by atomic mass is 10.1. The van der Waals surface area contributed by atoms with Crippen LogP contribution >= 0.6 is 11.8 Å². The highest BCUT2D eigenvalue weighted by Gasteiger charge is 2.24. The number of benzene rings is 2. The van der Waals surface area contributed by atoms with E-state index in [9.17, 15) is 0 Å². The predicted octanol–water partition coefficient (Wildman–Crippen LogP) is 5.63. The van der Waals surface area contributed by atoms with Crippen molar-refractivity contribution in [3.8, 4) is 22.6 Å². The van der Waals surface area contributed by atoms with Gasteiger partial charge in [-0.25, -0.2) is 4.98 Å². The van der Waals surface area contributed by atoms with E-state index in [0.29, 0.717) is 11.7 Å². The summed E-state index contributed by atoms with van der Waals surface area (Å²) in [6.45, 7) is 3.70. The topological polar surface area (TPSA) is 66.0 Å². The Morgan fingerprint density at radius 2 is 1.81 bits per heavy atom. The molecule has 2 aromatic heterocycles. The quantitative estimate of drug-likeness (QED) is 0.353. The molecule has 1 aliphatic rings. The summed E-state index contributed by atoms with van der Waals surface area (Å²) in [5, 5.41) is 5.06. The SMILES string of the molecule is CC(Sc1ncc(-c2ccccc2)n1CC1CCCO1)c1nc(-c2ccccc2)no1. The minimum absolute atomic E-state index is 0.0285. The number of hydrogen-bond donors (Lipinski definition) is 0. The number of rotatable bonds is 7. The maximum atomic E-state index is 5.92. The van der Waals surface area contributed by atoms with Crippen LogP contribution in [0.4, 0.5) is 0 Å². The molecule has 5 rings (SSSR count). The summed E-state index contributed by atoms with van der Waals surface area (Å²) >= 11 is 1.63. The van der Waals surface area contributed by atoms with E-state index in [-0.39, 0.29) is 11.4 Å². The summed E-state index contributed by atoms with van der Waals surface area (Å²) in [6.07, 6.45) is 4.36. The van der Waals surface area contributed by atoms with Gasteiger partial charge in [-0.15, -0.1) is 0 Å². The third-order valence-corrected chi connectivity index (χ3v) is 6.49. The molecule has 2 atom stereocenters. The molecule has 0 spiro atoms. The molecule has 6 nitrogen and oxygen atoms in total. The first-order chi connectivity index (χ1) is 15.3. The third kappa shape index (κ3) is 4.43. The number of imidazole rings is 1. The van der Waals surface area contributed by atoms with E-state index in [2.05, 4.69) is 45.9 Å². The van der Waals surface area contributed by atoms with Gasteiger partial charge in [0.2, 0.25) is 11.7 Å². The van der Waals surface area contributed by atoms with Crippen LogP contribution < -0.4 is 0 Å². The lowest BCUT2D eigenvalue weighted by Gasteiger charge is -2.17. The van der Waals surface area contributed by atoms with Crippen molar-refractivity contribution in [2.45, 2.75) is 42.8 Å². The molecule has 0 bridgehead atoms. The Bertz CT molecular complexity index is 1120. The van der Waals surface area contributed by atoms with Crippen molar-refractivity contribution in [1.29, 1.82) is 0 Å². The van der Waals surface area contributed by atoms with E-state index in [0.717, 1.165) is 48.0 Å². The molecule has 1 fully saturated rings. The molecule has 4 aromatic rings. The van der Waals surface area contributed by atoms with Crippen molar-refractivity contribution in [3.63, 3.8) is 0 Å². The molecule has 31 heavy (non-hydrogen) atoms. The number of thioether (sulfide) groups is 1. The maximum absolute atomic E-state index is 5.92. The Morgan fingerprint density at radius 1 is 1.06 bits per heavy atom. The van der Waals surface area contributed by atoms with Gasteiger partial charge < -0.3 is 13.8 Å². The fraction of sp³-hybridized carbons (Fsp3) is 0.292. The van der Waals surface area contributed by atoms with Gasteiger partial charge in [-0.2, -0.15) is 4.98 Å². The molecule has 0 aliphatic carbocycles. The largest absolute Gasteiger partial charge is 0.376 e. The lowest BCUT2D eigenvalue weighted by Crippen LogP contribution is -2.16. The second kappa shape index (κ2) is 9.08. The number of nitrogens with zero attached hydrogens (tertiary/aromatic N) is 4. The van der Waals surface area contributed by atoms with E-state index in [1.54, 1.807) is 11.8 Å². The number of hydrogen-bond acceptors (Lipinski definition) is 6. The molecule has 7 heteroatoms. The van der Waals surface area contributed by atoms with Crippen LogP contribution in [0.25, 0.3) is 22.6 Å². The molecule has 3 heterocycles. The molecule has 158 valence electrons. The van der Waals surface area contributed by atoms with Crippen LogP contribution in [0.3, 0.4) is 0 Å². The van der Waals surface area contributed by atoms with Crippen molar-refractivity contribution in [1.82, 2.24) is 19.7 Å². The molecule has 0 saturated carbocycles. The van der Waals surface area contributed by atoms with Crippen LogP contribution in [0.15, 0.2) is 76.5 Å². The smallest absolute Gasteiger partial charge is 0.240 e. The second-order valence-electron chi connectivity index (χ2n) is 7.62. The normalized spacial score (nSPS) is 17.1. The van der Waals surface area contributed by atoms with Crippen LogP contribution in [0.1, 0.15) is 30.9 Å². The van der Waals surface area contributed by atoms with Gasteiger partial charge in [0.1, 0.15) is 0 Å². The van der Waals surface area contributed by atoms with Gasteiger partial charge >= 0.3 is 0 Å². The standard InChI is InChI=1S/C24H24N4O2S/c1-17(23-26-22(27-30-23)19-11-6-3-7-12-19)31-24-25-15-21(18-9-4-2-5-10-18)28(24)16-20-13-8-14-29-20/h2-7,9-12,15,17,20H,8,13-14,16H2,1H3. The molecule has 2 unspecified atom stereocenters. The van der Waals surface area contributed by atoms with E-state index in [1.807, 2.05) is 42.6 Å². The first kappa shape index (κ1) is 20.0. The summed E-state index contributed by atoms with van der Waals surface area (Å²) < 4.78 is 13.8. The molecule has 1 aliphatic heterocycles. The van der Waals surface area contributed by atoms with E-state index in [1.165, 1.54) is 0 Å². The number of ether oxygens (including phenoxy) is 1. The van der Waals surface area contributed by atoms with Crippen LogP contribution in [0.5, 0.6) is 0 Å². The lowest BCUT2D eigenvalue weighted by molar-refractivity contribution is 0.0953. The maximum Gasteiger partial charge on any atom is 0.240 e. The van der Waals surface area contributed by atoms with Gasteiger partial charge in [-0.1, -0.05) is 77.6 Å². The fourth-order valence-corrected chi connectivity index (χ4v) is 4.70. The van der Waals surface area contributed by atoms with Crippen molar-refractivity contribution in [2.24, 2.45) is 0 Å². The first-order valence-electron chi connectivity index (χ1n) is 10.6. The molecular weight excluding hydrogens is 408 g/mol. The van der Waals surface area contributed by atoms with Gasteiger partial charge in [0.25, 0.3) is 0 Å². The molecule has 2 aromatic carbocycles. The summed E-state index contributed by atoms with van der Waals surface area (Å²) in [5.41, 5.74) is 3.19. The summed E-state index contributed by atoms with van der Waals surface area (Å²) in [4.78, 5) is 9.36. The van der Waals surface area contributed by atoms with E-state index in [4.69, 9.17) is 14.2 Å². The number of aromatic nitrogens is 4. The summed E-state index contributed by atoms with van der Waals surface area (Å²) in [5.74, 6) is 1.20. The Kier molecular flexibility index (Phi) is 5.86. The van der Waals surface area contributed by atoms with Crippen molar-refractivity contribution >= 4 is 11.8 Å². The fourth-order valence-electron chi connectivity index (χ4n) is 3.77. The van der Waals surface area contributed by atoms with Crippen molar-refractivity contribution < 1.29 is 9.26 Å². The third-order valence-electron chi connectivity index (χ3n) is 5.40. The zero-order valence-electron chi connectivity index (χ0n) is 17.3. The van der Waals surface area contributed by atoms with Crippen molar-refractivity contribution in [3.05, 3.63) is 72.8 Å². The second-order valence-corrected chi connectivity index (χ2v) is 8.93. The van der Waals surface area contributed by atoms with Gasteiger partial charge in [0.15, 0.2) is 5.16 Å². The average Bonchev–Trinajstić information content (AvgIpc) is 3.57. The highest BCUT2D eigenvalue weighted by Crippen LogP contribution is 2.36. The zero-order valence-corrected chi connectivity index (χ0v) is 18.2. The average molecular weight is 433 g/mol. The van der Waals surface area contributed by atoms with Gasteiger partial charge in [-0.05, 0) is 25.3 Å². The summed E-state index contributed by atoms with van der Waals surface area (Å²) in [6, 6.07) is 20.2. The van der Waals surface area contributed by atoms with Crippen LogP contribution in [0.2, 0.25) is 0 Å². The Morgan fingerprint density at radius 3 is 2.52 bits per heavy atom. The Hall–Kier alpha value is -2.90. The first-order valence-corrected chi connectivity index (χ1v) is 11.4. The molecule has 0 amide bonds. The predicted molar refractivity (Wildman–Crippen MR) is 121 cm³/mol. The minimum Gasteiger partial charge on any atom is -0.376 e. The zero-order chi connectivity index (χ0) is 21.0. The van der Waals surface area contributed by atoms with E-state index < -0.39 is 0 Å². The molecule has 0 N–H and O–H groups in total. The Labute approximate surface area is 185 Å². The Balaban J connectivity index is 1.40. The van der Waals surface area contributed by atoms with Gasteiger partial charge in [0, 0.05) is 12.2 Å².